The number of benzene rings is 3. The van der Waals surface area contributed by atoms with Crippen LogP contribution in [0.15, 0.2) is 66.7 Å². The molecular weight excluding hydrogens is 504 g/mol. The molecule has 1 aliphatic carbocycles. The lowest BCUT2D eigenvalue weighted by atomic mass is 9.75. The summed E-state index contributed by atoms with van der Waals surface area (Å²) in [6, 6.07) is 14.5. The van der Waals surface area contributed by atoms with E-state index in [1.807, 2.05) is 18.2 Å². The van der Waals surface area contributed by atoms with Gasteiger partial charge in [-0.2, -0.15) is 0 Å². The van der Waals surface area contributed by atoms with Crippen LogP contribution in [-0.2, 0) is 6.42 Å². The van der Waals surface area contributed by atoms with E-state index in [1.165, 1.54) is 17.7 Å². The standard InChI is InChI=1S/C33H34F4O2/c1-3-4-6-11-27-28(34)19-26(20-29(27)35)39-33(38)32-30(36)17-25(18-31(32)37)24-14-12-22(13-15-24)16-21(2)23-9-7-5-8-10-23/h3-5,7-10,17-22,24H,6,11-16H2,1-2H3/t21-,22?,24?/m1/s1. The molecule has 0 saturated heterocycles. The summed E-state index contributed by atoms with van der Waals surface area (Å²) < 4.78 is 63.7. The summed E-state index contributed by atoms with van der Waals surface area (Å²) in [5, 5.41) is 0. The molecule has 3 aromatic rings. The Hall–Kier alpha value is -3.41. The fourth-order valence-electron chi connectivity index (χ4n) is 5.60. The second-order valence-electron chi connectivity index (χ2n) is 10.5. The Kier molecular flexibility index (Phi) is 9.60. The quantitative estimate of drug-likeness (QED) is 0.117. The highest BCUT2D eigenvalue weighted by atomic mass is 19.1. The lowest BCUT2D eigenvalue weighted by molar-refractivity contribution is 0.0723. The fourth-order valence-corrected chi connectivity index (χ4v) is 5.60. The van der Waals surface area contributed by atoms with E-state index in [2.05, 4.69) is 19.1 Å². The van der Waals surface area contributed by atoms with E-state index in [4.69, 9.17) is 4.74 Å². The second-order valence-corrected chi connectivity index (χ2v) is 10.5. The maximum Gasteiger partial charge on any atom is 0.349 e. The maximum atomic E-state index is 15.0. The number of carbonyl (C=O) groups is 1. The van der Waals surface area contributed by atoms with Crippen LogP contribution in [0.4, 0.5) is 17.6 Å². The van der Waals surface area contributed by atoms with Gasteiger partial charge in [0.25, 0.3) is 0 Å². The molecule has 0 spiro atoms. The van der Waals surface area contributed by atoms with E-state index in [-0.39, 0.29) is 17.9 Å². The first-order valence-corrected chi connectivity index (χ1v) is 13.6. The Morgan fingerprint density at radius 1 is 0.923 bits per heavy atom. The molecule has 206 valence electrons. The van der Waals surface area contributed by atoms with Crippen molar-refractivity contribution in [2.45, 2.75) is 70.6 Å². The van der Waals surface area contributed by atoms with E-state index in [0.29, 0.717) is 23.8 Å². The largest absolute Gasteiger partial charge is 0.423 e. The summed E-state index contributed by atoms with van der Waals surface area (Å²) in [7, 11) is 0. The molecule has 0 radical (unpaired) electrons. The zero-order valence-corrected chi connectivity index (χ0v) is 22.4. The zero-order valence-electron chi connectivity index (χ0n) is 22.4. The summed E-state index contributed by atoms with van der Waals surface area (Å²) in [4.78, 5) is 12.6. The summed E-state index contributed by atoms with van der Waals surface area (Å²) in [5.41, 5.74) is 0.816. The monoisotopic (exact) mass is 538 g/mol. The van der Waals surface area contributed by atoms with Crippen LogP contribution in [0.25, 0.3) is 0 Å². The highest BCUT2D eigenvalue weighted by Gasteiger charge is 2.28. The molecule has 0 bridgehead atoms. The van der Waals surface area contributed by atoms with Gasteiger partial charge in [0.05, 0.1) is 0 Å². The first-order chi connectivity index (χ1) is 18.8. The number of carbonyl (C=O) groups excluding carboxylic acids is 1. The van der Waals surface area contributed by atoms with Crippen molar-refractivity contribution in [2.75, 3.05) is 0 Å². The second kappa shape index (κ2) is 13.1. The maximum absolute atomic E-state index is 15.0. The summed E-state index contributed by atoms with van der Waals surface area (Å²) in [6.45, 7) is 4.03. The number of rotatable bonds is 9. The molecule has 0 amide bonds. The predicted octanol–water partition coefficient (Wildman–Crippen LogP) is 9.44. The third kappa shape index (κ3) is 7.17. The van der Waals surface area contributed by atoms with Gasteiger partial charge in [-0.05, 0) is 92.9 Å². The number of esters is 1. The Bertz CT molecular complexity index is 1260. The van der Waals surface area contributed by atoms with E-state index in [1.54, 1.807) is 19.1 Å². The topological polar surface area (TPSA) is 26.3 Å². The molecule has 1 aliphatic rings. The van der Waals surface area contributed by atoms with Gasteiger partial charge in [-0.15, -0.1) is 0 Å². The number of allylic oxidation sites excluding steroid dienone is 2. The molecule has 0 aliphatic heterocycles. The van der Waals surface area contributed by atoms with Gasteiger partial charge in [0.1, 0.15) is 34.6 Å². The van der Waals surface area contributed by atoms with Crippen LogP contribution < -0.4 is 4.74 Å². The van der Waals surface area contributed by atoms with Crippen LogP contribution in [0.1, 0.15) is 91.3 Å². The minimum atomic E-state index is -1.34. The summed E-state index contributed by atoms with van der Waals surface area (Å²) >= 11 is 0. The van der Waals surface area contributed by atoms with Gasteiger partial charge in [0, 0.05) is 17.7 Å². The Morgan fingerprint density at radius 2 is 1.54 bits per heavy atom. The molecule has 4 rings (SSSR count). The van der Waals surface area contributed by atoms with Crippen LogP contribution in [-0.4, -0.2) is 5.97 Å². The van der Waals surface area contributed by atoms with Gasteiger partial charge >= 0.3 is 5.97 Å². The van der Waals surface area contributed by atoms with Gasteiger partial charge in [-0.25, -0.2) is 22.4 Å². The summed E-state index contributed by atoms with van der Waals surface area (Å²) in [6.07, 6.45) is 8.77. The normalized spacial score (nSPS) is 18.3. The molecule has 1 atom stereocenters. The van der Waals surface area contributed by atoms with Crippen LogP contribution >= 0.6 is 0 Å². The smallest absolute Gasteiger partial charge is 0.349 e. The van der Waals surface area contributed by atoms with Crippen LogP contribution in [0.5, 0.6) is 5.75 Å². The van der Waals surface area contributed by atoms with Crippen molar-refractivity contribution in [3.63, 3.8) is 0 Å². The average molecular weight is 539 g/mol. The van der Waals surface area contributed by atoms with Crippen LogP contribution in [0.2, 0.25) is 0 Å². The molecule has 0 heterocycles. The molecule has 39 heavy (non-hydrogen) atoms. The van der Waals surface area contributed by atoms with Gasteiger partial charge in [0.2, 0.25) is 0 Å². The fraction of sp³-hybridized carbons (Fsp3) is 0.364. The van der Waals surface area contributed by atoms with Crippen molar-refractivity contribution >= 4 is 5.97 Å². The number of hydrogen-bond donors (Lipinski definition) is 0. The summed E-state index contributed by atoms with van der Waals surface area (Å²) in [5.74, 6) is -4.64. The van der Waals surface area contributed by atoms with Gasteiger partial charge in [0.15, 0.2) is 0 Å². The Balaban J connectivity index is 1.39. The van der Waals surface area contributed by atoms with Crippen molar-refractivity contribution in [1.82, 2.24) is 0 Å². The Morgan fingerprint density at radius 3 is 2.13 bits per heavy atom. The molecule has 6 heteroatoms. The van der Waals surface area contributed by atoms with E-state index >= 15 is 0 Å². The number of halogens is 4. The van der Waals surface area contributed by atoms with Gasteiger partial charge in [-0.3, -0.25) is 0 Å². The SMILES string of the molecule is CC=CCCc1c(F)cc(OC(=O)c2c(F)cc(C3CCC(C[C@@H](C)c4ccccc4)CC3)cc2F)cc1F. The van der Waals surface area contributed by atoms with Crippen molar-refractivity contribution in [3.05, 3.63) is 112 Å². The van der Waals surface area contributed by atoms with Crippen LogP contribution in [0, 0.1) is 29.2 Å². The van der Waals surface area contributed by atoms with Crippen molar-refractivity contribution in [1.29, 1.82) is 0 Å². The van der Waals surface area contributed by atoms with Crippen molar-refractivity contribution in [3.8, 4) is 5.75 Å². The molecule has 0 N–H and O–H groups in total. The van der Waals surface area contributed by atoms with Crippen molar-refractivity contribution < 1.29 is 27.1 Å². The molecule has 1 saturated carbocycles. The molecule has 3 aromatic carbocycles. The molecule has 2 nitrogen and oxygen atoms in total. The van der Waals surface area contributed by atoms with Crippen molar-refractivity contribution in [2.24, 2.45) is 5.92 Å². The van der Waals surface area contributed by atoms with E-state index in [0.717, 1.165) is 44.2 Å². The molecular formula is C33H34F4O2. The Labute approximate surface area is 227 Å². The van der Waals surface area contributed by atoms with E-state index < -0.39 is 40.6 Å². The van der Waals surface area contributed by atoms with Gasteiger partial charge < -0.3 is 4.74 Å². The molecule has 1 fully saturated rings. The highest BCUT2D eigenvalue weighted by Crippen LogP contribution is 2.40. The lowest BCUT2D eigenvalue weighted by Crippen LogP contribution is -2.17. The number of ether oxygens (including phenoxy) is 1. The first-order valence-electron chi connectivity index (χ1n) is 13.6. The van der Waals surface area contributed by atoms with Crippen LogP contribution in [0.3, 0.4) is 0 Å². The minimum absolute atomic E-state index is 0.000594. The average Bonchev–Trinajstić information content (AvgIpc) is 2.90. The third-order valence-corrected chi connectivity index (χ3v) is 7.76. The highest BCUT2D eigenvalue weighted by molar-refractivity contribution is 5.91. The van der Waals surface area contributed by atoms with Gasteiger partial charge in [-0.1, -0.05) is 49.4 Å². The minimum Gasteiger partial charge on any atom is -0.423 e. The zero-order chi connectivity index (χ0) is 27.9. The number of hydrogen-bond acceptors (Lipinski definition) is 2. The molecule has 0 aromatic heterocycles. The molecule has 0 unspecified atom stereocenters. The predicted molar refractivity (Wildman–Crippen MR) is 145 cm³/mol. The third-order valence-electron chi connectivity index (χ3n) is 7.76. The van der Waals surface area contributed by atoms with E-state index in [9.17, 15) is 22.4 Å². The first kappa shape index (κ1) is 28.6. The lowest BCUT2D eigenvalue weighted by Gasteiger charge is -2.30.